The van der Waals surface area contributed by atoms with Gasteiger partial charge in [0.15, 0.2) is 5.69 Å². The summed E-state index contributed by atoms with van der Waals surface area (Å²) in [6.07, 6.45) is -0.0575. The maximum Gasteiger partial charge on any atom is 0.433 e. The highest BCUT2D eigenvalue weighted by Crippen LogP contribution is 2.67. The predicted octanol–water partition coefficient (Wildman–Crippen LogP) is 4.82. The molecule has 0 bridgehead atoms. The number of fused-ring (bicyclic) bond motifs is 1. The Morgan fingerprint density at radius 2 is 1.73 bits per heavy atom. The van der Waals surface area contributed by atoms with E-state index < -0.39 is 46.9 Å². The Kier molecular flexibility index (Phi) is 6.99. The third kappa shape index (κ3) is 4.88. The van der Waals surface area contributed by atoms with E-state index in [2.05, 4.69) is 28.9 Å². The Bertz CT molecular complexity index is 1290. The second-order valence-corrected chi connectivity index (χ2v) is 12.6. The molecule has 218 valence electrons. The van der Waals surface area contributed by atoms with Crippen LogP contribution in [0.5, 0.6) is 0 Å². The summed E-state index contributed by atoms with van der Waals surface area (Å²) in [6, 6.07) is -0.996. The van der Waals surface area contributed by atoms with Gasteiger partial charge in [-0.25, -0.2) is 0 Å². The summed E-state index contributed by atoms with van der Waals surface area (Å²) in [6.45, 7) is 7.38. The van der Waals surface area contributed by atoms with Crippen LogP contribution in [0.4, 0.5) is 13.2 Å². The smallest absolute Gasteiger partial charge is 0.433 e. The van der Waals surface area contributed by atoms with Crippen LogP contribution in [-0.4, -0.2) is 59.3 Å². The number of hydrogen-bond acceptors (Lipinski definition) is 6. The van der Waals surface area contributed by atoms with E-state index in [0.717, 1.165) is 10.9 Å². The molecule has 0 saturated heterocycles. The molecule has 3 aliphatic carbocycles. The van der Waals surface area contributed by atoms with Crippen molar-refractivity contribution in [3.8, 4) is 0 Å². The molecule has 0 aliphatic heterocycles. The Labute approximate surface area is 230 Å². The number of carboxylic acids is 1. The highest BCUT2D eigenvalue weighted by molar-refractivity contribution is 5.95. The summed E-state index contributed by atoms with van der Waals surface area (Å²) in [5.41, 5.74) is -1.78. The normalized spacial score (nSPS) is 30.0. The molecule has 3 aliphatic rings. The zero-order valence-electron chi connectivity index (χ0n) is 23.1. The van der Waals surface area contributed by atoms with Crippen molar-refractivity contribution in [3.63, 3.8) is 0 Å². The monoisotopic (exact) mass is 563 g/mol. The SMILES string of the molecule is Cc1nccnc1C(O)CN(C(=O)c1cnn(C2CCC(C)(C(=O)O)CC2)c1C(F)(F)F)C1CC2C(C1)C2(C)C. The van der Waals surface area contributed by atoms with E-state index >= 15 is 0 Å². The van der Waals surface area contributed by atoms with E-state index in [1.165, 1.54) is 17.3 Å². The molecule has 2 heterocycles. The van der Waals surface area contributed by atoms with E-state index in [0.29, 0.717) is 30.4 Å². The van der Waals surface area contributed by atoms with Crippen LogP contribution in [0.25, 0.3) is 0 Å². The van der Waals surface area contributed by atoms with Gasteiger partial charge < -0.3 is 15.1 Å². The first kappa shape index (κ1) is 28.5. The Balaban J connectivity index is 1.46. The largest absolute Gasteiger partial charge is 0.481 e. The number of carbonyl (C=O) groups is 2. The lowest BCUT2D eigenvalue weighted by Gasteiger charge is -2.35. The van der Waals surface area contributed by atoms with Crippen molar-refractivity contribution in [3.05, 3.63) is 41.2 Å². The molecule has 0 radical (unpaired) electrons. The van der Waals surface area contributed by atoms with E-state index in [1.807, 2.05) is 0 Å². The number of amides is 1. The molecule has 40 heavy (non-hydrogen) atoms. The Morgan fingerprint density at radius 1 is 1.12 bits per heavy atom. The van der Waals surface area contributed by atoms with Crippen LogP contribution < -0.4 is 0 Å². The number of aromatic nitrogens is 4. The van der Waals surface area contributed by atoms with Gasteiger partial charge in [0.05, 0.1) is 41.1 Å². The highest BCUT2D eigenvalue weighted by atomic mass is 19.4. The summed E-state index contributed by atoms with van der Waals surface area (Å²) in [5.74, 6) is -1.05. The summed E-state index contributed by atoms with van der Waals surface area (Å²) in [5, 5.41) is 24.6. The second kappa shape index (κ2) is 9.81. The number of nitrogens with zero attached hydrogens (tertiary/aromatic N) is 5. The average Bonchev–Trinajstić information content (AvgIpc) is 3.31. The van der Waals surface area contributed by atoms with Crippen LogP contribution in [0.3, 0.4) is 0 Å². The van der Waals surface area contributed by atoms with Crippen molar-refractivity contribution in [2.75, 3.05) is 6.54 Å². The molecule has 1 amide bonds. The van der Waals surface area contributed by atoms with Gasteiger partial charge >= 0.3 is 12.1 Å². The van der Waals surface area contributed by atoms with E-state index in [-0.39, 0.29) is 49.4 Å². The maximum absolute atomic E-state index is 14.5. The van der Waals surface area contributed by atoms with Gasteiger partial charge in [-0.2, -0.15) is 18.3 Å². The van der Waals surface area contributed by atoms with Gasteiger partial charge in [0.1, 0.15) is 6.10 Å². The third-order valence-corrected chi connectivity index (χ3v) is 9.86. The Hall–Kier alpha value is -3.02. The van der Waals surface area contributed by atoms with Gasteiger partial charge in [0, 0.05) is 18.4 Å². The fourth-order valence-electron chi connectivity index (χ4n) is 7.08. The lowest BCUT2D eigenvalue weighted by atomic mass is 9.74. The van der Waals surface area contributed by atoms with Gasteiger partial charge in [0.2, 0.25) is 0 Å². The van der Waals surface area contributed by atoms with Crippen LogP contribution >= 0.6 is 0 Å². The van der Waals surface area contributed by atoms with Gasteiger partial charge in [-0.15, -0.1) is 0 Å². The van der Waals surface area contributed by atoms with Crippen molar-refractivity contribution in [2.45, 2.75) is 90.6 Å². The number of aliphatic carboxylic acids is 1. The first-order valence-electron chi connectivity index (χ1n) is 13.8. The van der Waals surface area contributed by atoms with Gasteiger partial charge in [0.25, 0.3) is 5.91 Å². The van der Waals surface area contributed by atoms with Crippen molar-refractivity contribution in [1.82, 2.24) is 24.6 Å². The molecule has 0 spiro atoms. The predicted molar refractivity (Wildman–Crippen MR) is 137 cm³/mol. The van der Waals surface area contributed by atoms with Gasteiger partial charge in [-0.1, -0.05) is 13.8 Å². The molecule has 9 nitrogen and oxygen atoms in total. The average molecular weight is 564 g/mol. The number of aryl methyl sites for hydroxylation is 1. The number of halogens is 3. The quantitative estimate of drug-likeness (QED) is 0.496. The van der Waals surface area contributed by atoms with Crippen molar-refractivity contribution < 1.29 is 33.0 Å². The molecule has 3 saturated carbocycles. The molecule has 3 fully saturated rings. The number of hydrogen-bond donors (Lipinski definition) is 2. The van der Waals surface area contributed by atoms with E-state index in [9.17, 15) is 33.0 Å². The summed E-state index contributed by atoms with van der Waals surface area (Å²) >= 11 is 0. The zero-order valence-corrected chi connectivity index (χ0v) is 23.1. The first-order chi connectivity index (χ1) is 18.6. The van der Waals surface area contributed by atoms with Crippen molar-refractivity contribution >= 4 is 11.9 Å². The molecular weight excluding hydrogens is 527 g/mol. The van der Waals surface area contributed by atoms with Gasteiger partial charge in [-0.05, 0) is 69.6 Å². The molecule has 0 aromatic carbocycles. The minimum absolute atomic E-state index is 0.138. The third-order valence-electron chi connectivity index (χ3n) is 9.86. The molecule has 2 N–H and O–H groups in total. The standard InChI is InChI=1S/C28H36F3N5O4/c1-15-22(33-10-9-32-15)21(37)14-35(17-11-19-20(12-17)26(19,2)3)24(38)18-13-34-36(23(18)28(29,30)31)16-5-7-27(4,8-6-16)25(39)40/h9-10,13,16-17,19-21,37H,5-8,11-12,14H2,1-4H3,(H,39,40). The first-order valence-corrected chi connectivity index (χ1v) is 13.8. The molecule has 3 atom stereocenters. The number of rotatable bonds is 7. The van der Waals surface area contributed by atoms with Crippen LogP contribution in [0, 0.1) is 29.6 Å². The van der Waals surface area contributed by atoms with Gasteiger partial charge in [-0.3, -0.25) is 24.2 Å². The van der Waals surface area contributed by atoms with Crippen LogP contribution in [0.15, 0.2) is 18.6 Å². The number of aliphatic hydroxyl groups is 1. The molecule has 2 aromatic heterocycles. The zero-order chi connectivity index (χ0) is 29.2. The second-order valence-electron chi connectivity index (χ2n) is 12.6. The number of carboxylic acid groups (broad SMARTS) is 1. The number of aliphatic hydroxyl groups excluding tert-OH is 1. The number of carbonyl (C=O) groups excluding carboxylic acids is 1. The summed E-state index contributed by atoms with van der Waals surface area (Å²) < 4.78 is 44.5. The maximum atomic E-state index is 14.5. The fourth-order valence-corrected chi connectivity index (χ4v) is 7.08. The van der Waals surface area contributed by atoms with Crippen LogP contribution in [0.2, 0.25) is 0 Å². The van der Waals surface area contributed by atoms with E-state index in [4.69, 9.17) is 0 Å². The minimum atomic E-state index is -4.86. The molecule has 5 rings (SSSR count). The highest BCUT2D eigenvalue weighted by Gasteiger charge is 2.63. The van der Waals surface area contributed by atoms with E-state index in [1.54, 1.807) is 13.8 Å². The number of alkyl halides is 3. The molecular formula is C28H36F3N5O4. The van der Waals surface area contributed by atoms with Crippen LogP contribution in [-0.2, 0) is 11.0 Å². The summed E-state index contributed by atoms with van der Waals surface area (Å²) in [4.78, 5) is 35.3. The molecule has 12 heteroatoms. The van der Waals surface area contributed by atoms with Crippen LogP contribution in [0.1, 0.15) is 98.9 Å². The minimum Gasteiger partial charge on any atom is -0.481 e. The lowest BCUT2D eigenvalue weighted by molar-refractivity contribution is -0.152. The Morgan fingerprint density at radius 3 is 2.27 bits per heavy atom. The molecule has 2 aromatic rings. The summed E-state index contributed by atoms with van der Waals surface area (Å²) in [7, 11) is 0. The lowest BCUT2D eigenvalue weighted by Crippen LogP contribution is -2.43. The van der Waals surface area contributed by atoms with Crippen molar-refractivity contribution in [1.29, 1.82) is 0 Å². The topological polar surface area (TPSA) is 121 Å². The fraction of sp³-hybridized carbons (Fsp3) is 0.679. The van der Waals surface area contributed by atoms with Crippen molar-refractivity contribution in [2.24, 2.45) is 22.7 Å². The molecule has 3 unspecified atom stereocenters.